The number of nitriles is 1. The van der Waals surface area contributed by atoms with Crippen LogP contribution in [0.2, 0.25) is 0 Å². The zero-order valence-corrected chi connectivity index (χ0v) is 14.3. The fourth-order valence-corrected chi connectivity index (χ4v) is 3.31. The summed E-state index contributed by atoms with van der Waals surface area (Å²) in [6.45, 7) is 0.500. The maximum Gasteiger partial charge on any atom is 0.231 e. The largest absolute Gasteiger partial charge is 0.467 e. The number of amides is 1. The molecule has 0 aliphatic carbocycles. The molecule has 26 heavy (non-hydrogen) atoms. The number of fused-ring (bicyclic) bond motifs is 2. The van der Waals surface area contributed by atoms with Gasteiger partial charge in [0.1, 0.15) is 16.9 Å². The average Bonchev–Trinajstić information content (AvgIpc) is 3.33. The summed E-state index contributed by atoms with van der Waals surface area (Å²) < 4.78 is 15.9. The van der Waals surface area contributed by atoms with Crippen molar-refractivity contribution in [1.29, 1.82) is 5.26 Å². The van der Waals surface area contributed by atoms with Gasteiger partial charge in [0.25, 0.3) is 0 Å². The van der Waals surface area contributed by atoms with Crippen LogP contribution in [0.25, 0.3) is 10.9 Å². The van der Waals surface area contributed by atoms with Gasteiger partial charge in [-0.3, -0.25) is 4.79 Å². The molecule has 1 aliphatic rings. The number of ether oxygens (including phenoxy) is 2. The van der Waals surface area contributed by atoms with Crippen molar-refractivity contribution in [2.45, 2.75) is 11.6 Å². The highest BCUT2D eigenvalue weighted by molar-refractivity contribution is 8.00. The second-order valence-corrected chi connectivity index (χ2v) is 6.46. The van der Waals surface area contributed by atoms with Gasteiger partial charge in [0, 0.05) is 11.5 Å². The maximum absolute atomic E-state index is 12.0. The number of nitrogens with zero attached hydrogens (tertiary/aromatic N) is 2. The quantitative estimate of drug-likeness (QED) is 0.693. The SMILES string of the molecule is N#Cc1cc2cc3c(cc2nc1SCC(=O)NCc1ccco1)OCO3. The van der Waals surface area contributed by atoms with E-state index in [1.165, 1.54) is 11.8 Å². The third kappa shape index (κ3) is 3.30. The van der Waals surface area contributed by atoms with E-state index < -0.39 is 0 Å². The third-order valence-corrected chi connectivity index (χ3v) is 4.77. The molecule has 3 heterocycles. The lowest BCUT2D eigenvalue weighted by Crippen LogP contribution is -2.24. The lowest BCUT2D eigenvalue weighted by Gasteiger charge is -2.07. The summed E-state index contributed by atoms with van der Waals surface area (Å²) in [7, 11) is 0. The van der Waals surface area contributed by atoms with E-state index in [1.54, 1.807) is 36.6 Å². The molecule has 4 rings (SSSR count). The summed E-state index contributed by atoms with van der Waals surface area (Å²) in [5, 5.41) is 13.5. The van der Waals surface area contributed by atoms with Gasteiger partial charge in [-0.2, -0.15) is 5.26 Å². The van der Waals surface area contributed by atoms with Crippen LogP contribution in [0.3, 0.4) is 0 Å². The van der Waals surface area contributed by atoms with Gasteiger partial charge in [-0.05, 0) is 24.3 Å². The van der Waals surface area contributed by atoms with Crippen LogP contribution in [-0.2, 0) is 11.3 Å². The molecule has 0 spiro atoms. The van der Waals surface area contributed by atoms with Crippen LogP contribution in [0.4, 0.5) is 0 Å². The molecular weight excluding hydrogens is 354 g/mol. The van der Waals surface area contributed by atoms with E-state index in [2.05, 4.69) is 16.4 Å². The molecular formula is C18H13N3O4S. The van der Waals surface area contributed by atoms with Crippen LogP contribution >= 0.6 is 11.8 Å². The molecule has 130 valence electrons. The smallest absolute Gasteiger partial charge is 0.231 e. The Bertz CT molecular complexity index is 1010. The molecule has 0 atom stereocenters. The van der Waals surface area contributed by atoms with Crippen molar-refractivity contribution < 1.29 is 18.7 Å². The minimum atomic E-state index is -0.164. The summed E-state index contributed by atoms with van der Waals surface area (Å²) in [5.74, 6) is 1.94. The van der Waals surface area contributed by atoms with Gasteiger partial charge in [-0.25, -0.2) is 4.98 Å². The van der Waals surface area contributed by atoms with E-state index in [0.29, 0.717) is 39.9 Å². The highest BCUT2D eigenvalue weighted by atomic mass is 32.2. The Labute approximate surface area is 152 Å². The summed E-state index contributed by atoms with van der Waals surface area (Å²) >= 11 is 1.22. The van der Waals surface area contributed by atoms with Crippen LogP contribution in [-0.4, -0.2) is 23.4 Å². The van der Waals surface area contributed by atoms with Crippen molar-refractivity contribution in [3.63, 3.8) is 0 Å². The molecule has 1 aromatic carbocycles. The highest BCUT2D eigenvalue weighted by Crippen LogP contribution is 2.36. The van der Waals surface area contributed by atoms with Crippen molar-refractivity contribution in [1.82, 2.24) is 10.3 Å². The lowest BCUT2D eigenvalue weighted by molar-refractivity contribution is -0.118. The van der Waals surface area contributed by atoms with Gasteiger partial charge in [-0.1, -0.05) is 11.8 Å². The van der Waals surface area contributed by atoms with E-state index in [9.17, 15) is 10.1 Å². The minimum absolute atomic E-state index is 0.151. The molecule has 1 amide bonds. The standard InChI is InChI=1S/C18H13N3O4S/c19-7-12-4-11-5-15-16(25-10-24-15)6-14(11)21-18(12)26-9-17(22)20-8-13-2-1-3-23-13/h1-6H,8-10H2,(H,20,22). The van der Waals surface area contributed by atoms with Crippen LogP contribution in [0, 0.1) is 11.3 Å². The number of carbonyl (C=O) groups excluding carboxylic acids is 1. The zero-order valence-electron chi connectivity index (χ0n) is 13.5. The number of hydrogen-bond acceptors (Lipinski definition) is 7. The minimum Gasteiger partial charge on any atom is -0.467 e. The first-order valence-corrected chi connectivity index (χ1v) is 8.78. The Morgan fingerprint density at radius 3 is 2.92 bits per heavy atom. The summed E-state index contributed by atoms with van der Waals surface area (Å²) in [6, 6.07) is 11.0. The number of hydrogen-bond donors (Lipinski definition) is 1. The number of thioether (sulfide) groups is 1. The first-order valence-electron chi connectivity index (χ1n) is 7.79. The Hall–Kier alpha value is -3.18. The van der Waals surface area contributed by atoms with E-state index >= 15 is 0 Å². The normalized spacial score (nSPS) is 12.1. The highest BCUT2D eigenvalue weighted by Gasteiger charge is 2.17. The Kier molecular flexibility index (Phi) is 4.37. The molecule has 0 bridgehead atoms. The lowest BCUT2D eigenvalue weighted by atomic mass is 10.1. The van der Waals surface area contributed by atoms with Crippen molar-refractivity contribution in [3.8, 4) is 17.6 Å². The van der Waals surface area contributed by atoms with Crippen LogP contribution in [0.5, 0.6) is 11.5 Å². The number of nitrogens with one attached hydrogen (secondary N) is 1. The Balaban J connectivity index is 1.49. The van der Waals surface area contributed by atoms with E-state index in [1.807, 2.05) is 0 Å². The average molecular weight is 367 g/mol. The van der Waals surface area contributed by atoms with Crippen LogP contribution < -0.4 is 14.8 Å². The Morgan fingerprint density at radius 1 is 1.31 bits per heavy atom. The van der Waals surface area contributed by atoms with Crippen LogP contribution in [0.15, 0.2) is 46.0 Å². The molecule has 3 aromatic rings. The number of carbonyl (C=O) groups is 1. The fraction of sp³-hybridized carbons (Fsp3) is 0.167. The molecule has 8 heteroatoms. The molecule has 0 unspecified atom stereocenters. The molecule has 1 aliphatic heterocycles. The van der Waals surface area contributed by atoms with Gasteiger partial charge in [0.05, 0.1) is 29.6 Å². The number of pyridine rings is 1. The Morgan fingerprint density at radius 2 is 2.15 bits per heavy atom. The first kappa shape index (κ1) is 16.3. The van der Waals surface area contributed by atoms with Crippen LogP contribution in [0.1, 0.15) is 11.3 Å². The second kappa shape index (κ2) is 6.98. The molecule has 7 nitrogen and oxygen atoms in total. The molecule has 0 radical (unpaired) electrons. The summed E-state index contributed by atoms with van der Waals surface area (Å²) in [6.07, 6.45) is 1.56. The topological polar surface area (TPSA) is 97.4 Å². The first-order chi connectivity index (χ1) is 12.7. The predicted octanol–water partition coefficient (Wildman–Crippen LogP) is 2.84. The van der Waals surface area contributed by atoms with Crippen molar-refractivity contribution in [3.05, 3.63) is 47.9 Å². The number of rotatable bonds is 5. The molecule has 1 N–H and O–H groups in total. The van der Waals surface area contributed by atoms with Gasteiger partial charge in [0.15, 0.2) is 11.5 Å². The molecule has 0 saturated heterocycles. The predicted molar refractivity (Wildman–Crippen MR) is 93.9 cm³/mol. The van der Waals surface area contributed by atoms with Gasteiger partial charge in [0.2, 0.25) is 12.7 Å². The second-order valence-electron chi connectivity index (χ2n) is 5.50. The molecule has 2 aromatic heterocycles. The number of furan rings is 1. The molecule has 0 fully saturated rings. The zero-order chi connectivity index (χ0) is 17.9. The van der Waals surface area contributed by atoms with Crippen molar-refractivity contribution in [2.75, 3.05) is 12.5 Å². The number of benzene rings is 1. The maximum atomic E-state index is 12.0. The van der Waals surface area contributed by atoms with Crippen molar-refractivity contribution >= 4 is 28.6 Å². The molecule has 0 saturated carbocycles. The van der Waals surface area contributed by atoms with Gasteiger partial charge in [-0.15, -0.1) is 0 Å². The third-order valence-electron chi connectivity index (χ3n) is 3.77. The van der Waals surface area contributed by atoms with Gasteiger partial charge < -0.3 is 19.2 Å². The monoisotopic (exact) mass is 367 g/mol. The summed E-state index contributed by atoms with van der Waals surface area (Å²) in [5.41, 5.74) is 1.10. The van der Waals surface area contributed by atoms with Gasteiger partial charge >= 0.3 is 0 Å². The summed E-state index contributed by atoms with van der Waals surface area (Å²) in [4.78, 5) is 16.5. The number of aromatic nitrogens is 1. The van der Waals surface area contributed by atoms with E-state index in [4.69, 9.17) is 13.9 Å². The van der Waals surface area contributed by atoms with E-state index in [-0.39, 0.29) is 18.5 Å². The van der Waals surface area contributed by atoms with E-state index in [0.717, 1.165) is 5.39 Å². The van der Waals surface area contributed by atoms with Crippen molar-refractivity contribution in [2.24, 2.45) is 0 Å². The fourth-order valence-electron chi connectivity index (χ4n) is 2.52.